The molecule has 0 saturated carbocycles. The molecule has 1 heterocycles. The largest absolute Gasteiger partial charge is 0.381 e. The maximum absolute atomic E-state index is 12.8. The molecule has 0 aliphatic carbocycles. The van der Waals surface area contributed by atoms with Crippen LogP contribution in [-0.4, -0.2) is 61.6 Å². The smallest absolute Gasteiger partial charge is 0.253 e. The number of carbonyl (C=O) groups is 1. The Morgan fingerprint density at radius 3 is 2.38 bits per heavy atom. The van der Waals surface area contributed by atoms with Crippen molar-refractivity contribution in [2.75, 3.05) is 33.8 Å². The van der Waals surface area contributed by atoms with E-state index >= 15 is 0 Å². The van der Waals surface area contributed by atoms with Crippen molar-refractivity contribution in [1.82, 2.24) is 9.80 Å². The number of nitrogens with zero attached hydrogens (tertiary/aromatic N) is 2. The lowest BCUT2D eigenvalue weighted by Gasteiger charge is -2.38. The van der Waals surface area contributed by atoms with Gasteiger partial charge in [-0.3, -0.25) is 4.79 Å². The number of rotatable bonds is 6. The first-order valence-corrected chi connectivity index (χ1v) is 9.49. The molecule has 1 aliphatic rings. The number of carbonyl (C=O) groups excluding carboxylic acids is 1. The Hall–Kier alpha value is -0.910. The number of likely N-dealkylation sites (N-methyl/N-ethyl adjacent to an activating group) is 1. The molecule has 1 aromatic rings. The fourth-order valence-corrected chi connectivity index (χ4v) is 3.58. The highest BCUT2D eigenvalue weighted by atomic mass is 79.9. The van der Waals surface area contributed by atoms with E-state index in [4.69, 9.17) is 4.74 Å². The molecule has 0 aromatic heterocycles. The van der Waals surface area contributed by atoms with Gasteiger partial charge in [-0.25, -0.2) is 0 Å². The zero-order valence-corrected chi connectivity index (χ0v) is 16.8. The molecule has 0 spiro atoms. The summed E-state index contributed by atoms with van der Waals surface area (Å²) in [6, 6.07) is 7.80. The minimum absolute atomic E-state index is 0.0907. The molecular weight excluding hydrogens is 368 g/mol. The van der Waals surface area contributed by atoms with E-state index in [0.29, 0.717) is 12.0 Å². The number of amides is 1. The number of benzene rings is 1. The summed E-state index contributed by atoms with van der Waals surface area (Å²) < 4.78 is 6.44. The topological polar surface area (TPSA) is 32.8 Å². The van der Waals surface area contributed by atoms with E-state index in [1.54, 1.807) is 7.11 Å². The van der Waals surface area contributed by atoms with E-state index in [1.165, 1.54) is 0 Å². The molecule has 134 valence electrons. The van der Waals surface area contributed by atoms with Crippen LogP contribution in [0.2, 0.25) is 0 Å². The highest BCUT2D eigenvalue weighted by Crippen LogP contribution is 2.19. The maximum atomic E-state index is 12.8. The van der Waals surface area contributed by atoms with Crippen LogP contribution >= 0.6 is 15.9 Å². The highest BCUT2D eigenvalue weighted by molar-refractivity contribution is 9.10. The summed E-state index contributed by atoms with van der Waals surface area (Å²) in [5.74, 6) is 0.502. The zero-order valence-electron chi connectivity index (χ0n) is 15.2. The van der Waals surface area contributed by atoms with Gasteiger partial charge in [0, 0.05) is 49.9 Å². The second kappa shape index (κ2) is 8.97. The first-order chi connectivity index (χ1) is 11.4. The molecule has 1 atom stereocenters. The van der Waals surface area contributed by atoms with Crippen molar-refractivity contribution in [3.05, 3.63) is 34.3 Å². The maximum Gasteiger partial charge on any atom is 0.253 e. The molecule has 1 aliphatic heterocycles. The molecule has 1 fully saturated rings. The first kappa shape index (κ1) is 19.4. The van der Waals surface area contributed by atoms with Crippen molar-refractivity contribution in [1.29, 1.82) is 0 Å². The van der Waals surface area contributed by atoms with Crippen molar-refractivity contribution in [3.63, 3.8) is 0 Å². The van der Waals surface area contributed by atoms with Crippen molar-refractivity contribution in [2.45, 2.75) is 38.8 Å². The van der Waals surface area contributed by atoms with Gasteiger partial charge >= 0.3 is 0 Å². The average molecular weight is 397 g/mol. The third-order valence-electron chi connectivity index (χ3n) is 4.99. The SMILES string of the molecule is COC1CCN(C[C@H](C(C)C)N(C)C(=O)c2ccc(Br)cc2)CC1. The highest BCUT2D eigenvalue weighted by Gasteiger charge is 2.28. The van der Waals surface area contributed by atoms with Gasteiger partial charge in [0.05, 0.1) is 6.10 Å². The van der Waals surface area contributed by atoms with Gasteiger partial charge in [-0.15, -0.1) is 0 Å². The normalized spacial score (nSPS) is 17.9. The Labute approximate surface area is 154 Å². The molecule has 4 nitrogen and oxygen atoms in total. The molecule has 24 heavy (non-hydrogen) atoms. The second-order valence-electron chi connectivity index (χ2n) is 6.97. The van der Waals surface area contributed by atoms with Crippen LogP contribution in [0, 0.1) is 5.92 Å². The van der Waals surface area contributed by atoms with E-state index in [-0.39, 0.29) is 11.9 Å². The number of ether oxygens (including phenoxy) is 1. The third kappa shape index (κ3) is 5.04. The number of methoxy groups -OCH3 is 1. The van der Waals surface area contributed by atoms with E-state index < -0.39 is 0 Å². The van der Waals surface area contributed by atoms with Crippen LogP contribution in [-0.2, 0) is 4.74 Å². The van der Waals surface area contributed by atoms with E-state index in [9.17, 15) is 4.79 Å². The summed E-state index contributed by atoms with van der Waals surface area (Å²) in [6.07, 6.45) is 2.54. The number of piperidine rings is 1. The Morgan fingerprint density at radius 1 is 1.29 bits per heavy atom. The monoisotopic (exact) mass is 396 g/mol. The van der Waals surface area contributed by atoms with Crippen molar-refractivity contribution < 1.29 is 9.53 Å². The van der Waals surface area contributed by atoms with Gasteiger partial charge < -0.3 is 14.5 Å². The molecular formula is C19H29BrN2O2. The van der Waals surface area contributed by atoms with Crippen LogP contribution in [0.5, 0.6) is 0 Å². The Balaban J connectivity index is 2.01. The molecule has 5 heteroatoms. The van der Waals surface area contributed by atoms with Crippen molar-refractivity contribution in [2.24, 2.45) is 5.92 Å². The lowest BCUT2D eigenvalue weighted by atomic mass is 9.99. The Bertz CT molecular complexity index is 525. The van der Waals surface area contributed by atoms with Crippen molar-refractivity contribution in [3.8, 4) is 0 Å². The van der Waals surface area contributed by atoms with E-state index in [2.05, 4.69) is 34.7 Å². The fraction of sp³-hybridized carbons (Fsp3) is 0.632. The summed E-state index contributed by atoms with van der Waals surface area (Å²) in [4.78, 5) is 17.2. The molecule has 1 amide bonds. The molecule has 0 radical (unpaired) electrons. The number of hydrogen-bond acceptors (Lipinski definition) is 3. The summed E-state index contributed by atoms with van der Waals surface area (Å²) in [6.45, 7) is 7.40. The van der Waals surface area contributed by atoms with Crippen LogP contribution in [0.25, 0.3) is 0 Å². The van der Waals surface area contributed by atoms with Gasteiger partial charge in [0.15, 0.2) is 0 Å². The first-order valence-electron chi connectivity index (χ1n) is 8.70. The minimum Gasteiger partial charge on any atom is -0.381 e. The molecule has 1 saturated heterocycles. The summed E-state index contributed by atoms with van der Waals surface area (Å²) in [5.41, 5.74) is 0.740. The molecule has 1 aromatic carbocycles. The second-order valence-corrected chi connectivity index (χ2v) is 7.89. The van der Waals surface area contributed by atoms with E-state index in [0.717, 1.165) is 42.5 Å². The van der Waals surface area contributed by atoms with Gasteiger partial charge in [0.2, 0.25) is 0 Å². The number of hydrogen-bond donors (Lipinski definition) is 0. The van der Waals surface area contributed by atoms with Crippen molar-refractivity contribution >= 4 is 21.8 Å². The van der Waals surface area contributed by atoms with Crippen LogP contribution in [0.1, 0.15) is 37.0 Å². The summed E-state index contributed by atoms with van der Waals surface area (Å²) in [5, 5.41) is 0. The van der Waals surface area contributed by atoms with Crippen LogP contribution in [0.3, 0.4) is 0 Å². The standard InChI is InChI=1S/C19H29BrN2O2/c1-14(2)18(13-22-11-9-17(24-4)10-12-22)21(3)19(23)15-5-7-16(20)8-6-15/h5-8,14,17-18H,9-13H2,1-4H3/t18-/m1/s1. The fourth-order valence-electron chi connectivity index (χ4n) is 3.32. The van der Waals surface area contributed by atoms with Crippen LogP contribution in [0.15, 0.2) is 28.7 Å². The quantitative estimate of drug-likeness (QED) is 0.735. The van der Waals surface area contributed by atoms with Gasteiger partial charge in [-0.05, 0) is 43.0 Å². The molecule has 2 rings (SSSR count). The predicted molar refractivity (Wildman–Crippen MR) is 101 cm³/mol. The van der Waals surface area contributed by atoms with Gasteiger partial charge in [0.25, 0.3) is 5.91 Å². The van der Waals surface area contributed by atoms with Crippen LogP contribution in [0.4, 0.5) is 0 Å². The summed E-state index contributed by atoms with van der Waals surface area (Å²) in [7, 11) is 3.72. The zero-order chi connectivity index (χ0) is 17.7. The molecule has 0 unspecified atom stereocenters. The van der Waals surface area contributed by atoms with E-state index in [1.807, 2.05) is 36.2 Å². The lowest BCUT2D eigenvalue weighted by molar-refractivity contribution is 0.0271. The van der Waals surface area contributed by atoms with Gasteiger partial charge in [0.1, 0.15) is 0 Å². The third-order valence-corrected chi connectivity index (χ3v) is 5.52. The van der Waals surface area contributed by atoms with Crippen LogP contribution < -0.4 is 0 Å². The Kier molecular flexibility index (Phi) is 7.26. The van der Waals surface area contributed by atoms with Gasteiger partial charge in [-0.2, -0.15) is 0 Å². The average Bonchev–Trinajstić information content (AvgIpc) is 2.59. The molecule has 0 bridgehead atoms. The predicted octanol–water partition coefficient (Wildman–Crippen LogP) is 3.66. The number of likely N-dealkylation sites (tertiary alicyclic amines) is 1. The lowest BCUT2D eigenvalue weighted by Crippen LogP contribution is -2.50. The van der Waals surface area contributed by atoms with Gasteiger partial charge in [-0.1, -0.05) is 29.8 Å². The minimum atomic E-state index is 0.0907. The molecule has 0 N–H and O–H groups in total. The summed E-state index contributed by atoms with van der Waals surface area (Å²) >= 11 is 3.42. The number of halogens is 1. The Morgan fingerprint density at radius 2 is 1.88 bits per heavy atom.